The third-order valence-electron chi connectivity index (χ3n) is 2.78. The molecule has 0 unspecified atom stereocenters. The lowest BCUT2D eigenvalue weighted by Gasteiger charge is -2.21. The van der Waals surface area contributed by atoms with Crippen molar-refractivity contribution in [2.75, 3.05) is 0 Å². The number of hydrogen-bond donors (Lipinski definition) is 1. The second kappa shape index (κ2) is 7.08. The number of benzene rings is 1. The highest BCUT2D eigenvalue weighted by molar-refractivity contribution is 7.92. The Labute approximate surface area is 119 Å². The molecule has 3 nitrogen and oxygen atoms in total. The molecule has 2 atom stereocenters. The zero-order chi connectivity index (χ0) is 14.5. The Morgan fingerprint density at radius 2 is 1.84 bits per heavy atom. The number of aliphatic hydroxyl groups is 1. The Morgan fingerprint density at radius 3 is 2.32 bits per heavy atom. The molecule has 0 amide bonds. The van der Waals surface area contributed by atoms with Crippen molar-refractivity contribution in [1.82, 2.24) is 0 Å². The van der Waals surface area contributed by atoms with Crippen molar-refractivity contribution in [1.29, 1.82) is 0 Å². The largest absolute Gasteiger partial charge is 0.391 e. The number of aliphatic hydroxyl groups excluding tert-OH is 1. The zero-order valence-electron chi connectivity index (χ0n) is 11.0. The van der Waals surface area contributed by atoms with Crippen LogP contribution in [0.4, 0.5) is 0 Å². The summed E-state index contributed by atoms with van der Waals surface area (Å²) in [5.41, 5.74) is 1.15. The van der Waals surface area contributed by atoms with Crippen LogP contribution in [0.25, 0.3) is 0 Å². The van der Waals surface area contributed by atoms with Crippen LogP contribution in [0.2, 0.25) is 0 Å². The van der Waals surface area contributed by atoms with E-state index in [-0.39, 0.29) is 10.8 Å². The van der Waals surface area contributed by atoms with Crippen molar-refractivity contribution in [2.45, 2.75) is 36.5 Å². The van der Waals surface area contributed by atoms with E-state index in [2.05, 4.69) is 0 Å². The molecule has 0 aliphatic carbocycles. The molecule has 0 saturated carbocycles. The summed E-state index contributed by atoms with van der Waals surface area (Å²) in [5.74, 6) is 0.201. The second-order valence-electron chi connectivity index (χ2n) is 4.84. The molecule has 1 aromatic rings. The van der Waals surface area contributed by atoms with Gasteiger partial charge in [0.15, 0.2) is 9.84 Å². The van der Waals surface area contributed by atoms with E-state index in [9.17, 15) is 13.5 Å². The molecule has 5 heteroatoms. The molecule has 0 aliphatic heterocycles. The van der Waals surface area contributed by atoms with Crippen LogP contribution in [0.1, 0.15) is 20.3 Å². The first-order chi connectivity index (χ1) is 8.89. The topological polar surface area (TPSA) is 54.4 Å². The SMILES string of the molecule is CC(C)C[C@@H](O)[C@H](/C=C\Cl)S(=O)(=O)c1ccccc1. The Hall–Kier alpha value is -0.840. The molecule has 0 aromatic heterocycles. The maximum atomic E-state index is 12.5. The van der Waals surface area contributed by atoms with Crippen LogP contribution in [0.3, 0.4) is 0 Å². The summed E-state index contributed by atoms with van der Waals surface area (Å²) < 4.78 is 25.0. The summed E-state index contributed by atoms with van der Waals surface area (Å²) in [5, 5.41) is 9.10. The fourth-order valence-electron chi connectivity index (χ4n) is 1.89. The third-order valence-corrected chi connectivity index (χ3v) is 5.05. The zero-order valence-corrected chi connectivity index (χ0v) is 12.6. The van der Waals surface area contributed by atoms with E-state index in [0.29, 0.717) is 6.42 Å². The lowest BCUT2D eigenvalue weighted by molar-refractivity contribution is 0.154. The normalized spacial score (nSPS) is 15.8. The maximum absolute atomic E-state index is 12.5. The van der Waals surface area contributed by atoms with Crippen molar-refractivity contribution in [2.24, 2.45) is 5.92 Å². The molecule has 0 radical (unpaired) electrons. The molecule has 0 aliphatic rings. The van der Waals surface area contributed by atoms with Crippen molar-refractivity contribution >= 4 is 21.4 Å². The van der Waals surface area contributed by atoms with Gasteiger partial charge in [0, 0.05) is 5.54 Å². The number of halogens is 1. The van der Waals surface area contributed by atoms with Crippen LogP contribution in [0.5, 0.6) is 0 Å². The van der Waals surface area contributed by atoms with Crippen LogP contribution in [-0.2, 0) is 9.84 Å². The van der Waals surface area contributed by atoms with E-state index >= 15 is 0 Å². The first-order valence-corrected chi connectivity index (χ1v) is 8.11. The quantitative estimate of drug-likeness (QED) is 0.879. The van der Waals surface area contributed by atoms with Crippen LogP contribution in [-0.4, -0.2) is 24.9 Å². The second-order valence-corrected chi connectivity index (χ2v) is 7.20. The molecule has 1 rings (SSSR count). The Morgan fingerprint density at radius 1 is 1.26 bits per heavy atom. The van der Waals surface area contributed by atoms with Gasteiger partial charge in [0.25, 0.3) is 0 Å². The van der Waals surface area contributed by atoms with Crippen molar-refractivity contribution in [3.05, 3.63) is 41.9 Å². The minimum Gasteiger partial charge on any atom is -0.391 e. The van der Waals surface area contributed by atoms with Crippen LogP contribution < -0.4 is 0 Å². The average Bonchev–Trinajstić information content (AvgIpc) is 2.35. The Kier molecular flexibility index (Phi) is 6.04. The lowest BCUT2D eigenvalue weighted by atomic mass is 10.0. The fraction of sp³-hybridized carbons (Fsp3) is 0.429. The van der Waals surface area contributed by atoms with Gasteiger partial charge in [-0.05, 0) is 24.5 Å². The summed E-state index contributed by atoms with van der Waals surface area (Å²) in [6, 6.07) is 8.10. The smallest absolute Gasteiger partial charge is 0.187 e. The Bertz CT molecular complexity index is 509. The first kappa shape index (κ1) is 16.2. The number of rotatable bonds is 6. The van der Waals surface area contributed by atoms with Gasteiger partial charge in [0.05, 0.1) is 11.0 Å². The molecule has 0 bridgehead atoms. The van der Waals surface area contributed by atoms with E-state index in [1.807, 2.05) is 13.8 Å². The Balaban J connectivity index is 3.12. The van der Waals surface area contributed by atoms with Gasteiger partial charge in [-0.25, -0.2) is 8.42 Å². The van der Waals surface area contributed by atoms with E-state index in [4.69, 9.17) is 11.6 Å². The molecular weight excluding hydrogens is 284 g/mol. The van der Waals surface area contributed by atoms with Gasteiger partial charge in [-0.15, -0.1) is 0 Å². The molecule has 0 spiro atoms. The molecule has 0 saturated heterocycles. The van der Waals surface area contributed by atoms with Gasteiger partial charge in [0.1, 0.15) is 5.25 Å². The summed E-state index contributed by atoms with van der Waals surface area (Å²) in [7, 11) is -3.63. The van der Waals surface area contributed by atoms with Gasteiger partial charge in [0.2, 0.25) is 0 Å². The average molecular weight is 303 g/mol. The highest BCUT2D eigenvalue weighted by atomic mass is 35.5. The van der Waals surface area contributed by atoms with E-state index in [1.165, 1.54) is 18.2 Å². The molecule has 0 heterocycles. The number of sulfone groups is 1. The van der Waals surface area contributed by atoms with Crippen molar-refractivity contribution in [3.8, 4) is 0 Å². The minimum absolute atomic E-state index is 0.192. The monoisotopic (exact) mass is 302 g/mol. The summed E-state index contributed by atoms with van der Waals surface area (Å²) in [6.07, 6.45) is 0.759. The molecule has 106 valence electrons. The van der Waals surface area contributed by atoms with Gasteiger partial charge in [-0.3, -0.25) is 0 Å². The maximum Gasteiger partial charge on any atom is 0.187 e. The molecule has 1 aromatic carbocycles. The predicted octanol–water partition coefficient (Wildman–Crippen LogP) is 2.99. The molecule has 0 fully saturated rings. The van der Waals surface area contributed by atoms with Crippen LogP contribution in [0.15, 0.2) is 46.8 Å². The van der Waals surface area contributed by atoms with Crippen LogP contribution >= 0.6 is 11.6 Å². The van der Waals surface area contributed by atoms with Gasteiger partial charge in [-0.1, -0.05) is 49.7 Å². The highest BCUT2D eigenvalue weighted by Crippen LogP contribution is 2.23. The van der Waals surface area contributed by atoms with E-state index in [0.717, 1.165) is 5.54 Å². The van der Waals surface area contributed by atoms with Crippen molar-refractivity contribution in [3.63, 3.8) is 0 Å². The standard InChI is InChI=1S/C14H19ClO3S/c1-11(2)10-13(16)14(8-9-15)19(17,18)12-6-4-3-5-7-12/h3-9,11,13-14,16H,10H2,1-2H3/b9-8-/t13-,14+/m1/s1. The third kappa shape index (κ3) is 4.34. The summed E-state index contributed by atoms with van der Waals surface area (Å²) in [4.78, 5) is 0.192. The van der Waals surface area contributed by atoms with Gasteiger partial charge in [-0.2, -0.15) is 0 Å². The minimum atomic E-state index is -3.63. The van der Waals surface area contributed by atoms with Crippen LogP contribution in [0, 0.1) is 5.92 Å². The number of hydrogen-bond acceptors (Lipinski definition) is 3. The van der Waals surface area contributed by atoms with Crippen molar-refractivity contribution < 1.29 is 13.5 Å². The summed E-state index contributed by atoms with van der Waals surface area (Å²) in [6.45, 7) is 3.86. The summed E-state index contributed by atoms with van der Waals surface area (Å²) >= 11 is 5.51. The predicted molar refractivity (Wildman–Crippen MR) is 77.9 cm³/mol. The lowest BCUT2D eigenvalue weighted by Crippen LogP contribution is -2.33. The van der Waals surface area contributed by atoms with Gasteiger partial charge < -0.3 is 5.11 Å². The molecule has 19 heavy (non-hydrogen) atoms. The molecule has 1 N–H and O–H groups in total. The first-order valence-electron chi connectivity index (χ1n) is 6.13. The van der Waals surface area contributed by atoms with Gasteiger partial charge >= 0.3 is 0 Å². The van der Waals surface area contributed by atoms with E-state index < -0.39 is 21.2 Å². The molecular formula is C14H19ClO3S. The highest BCUT2D eigenvalue weighted by Gasteiger charge is 2.31. The fourth-order valence-corrected chi connectivity index (χ4v) is 3.80. The van der Waals surface area contributed by atoms with E-state index in [1.54, 1.807) is 18.2 Å².